The van der Waals surface area contributed by atoms with Crippen molar-refractivity contribution in [1.82, 2.24) is 4.98 Å². The number of hydrogen-bond donors (Lipinski definition) is 4. The lowest BCUT2D eigenvalue weighted by molar-refractivity contribution is -0.126. The maximum absolute atomic E-state index is 12.5. The first kappa shape index (κ1) is 21.5. The van der Waals surface area contributed by atoms with Crippen molar-refractivity contribution in [3.05, 3.63) is 52.3 Å². The second-order valence-electron chi connectivity index (χ2n) is 6.27. The Kier molecular flexibility index (Phi) is 6.63. The van der Waals surface area contributed by atoms with Crippen molar-refractivity contribution in [2.75, 3.05) is 4.90 Å². The Balaban J connectivity index is 2.28. The summed E-state index contributed by atoms with van der Waals surface area (Å²) in [5, 5.41) is 8.92. The van der Waals surface area contributed by atoms with Gasteiger partial charge in [-0.25, -0.2) is 9.69 Å². The van der Waals surface area contributed by atoms with Gasteiger partial charge in [-0.05, 0) is 36.2 Å². The van der Waals surface area contributed by atoms with Crippen LogP contribution in [0.25, 0.3) is 11.3 Å². The molecule has 6 N–H and O–H groups in total. The van der Waals surface area contributed by atoms with Crippen molar-refractivity contribution in [1.29, 1.82) is 0 Å². The SMILES string of the molecule is CC(=O)N(C(=O)[C@H](N)CCC(N)=O)c1ccc(-c2ccc(C(=O)O)c(=O)[nH]2)cc1. The van der Waals surface area contributed by atoms with Crippen molar-refractivity contribution < 1.29 is 24.3 Å². The van der Waals surface area contributed by atoms with E-state index in [-0.39, 0.29) is 24.1 Å². The van der Waals surface area contributed by atoms with Gasteiger partial charge in [0.05, 0.1) is 11.7 Å². The molecule has 0 saturated carbocycles. The van der Waals surface area contributed by atoms with Crippen LogP contribution in [0.1, 0.15) is 30.1 Å². The third-order valence-corrected chi connectivity index (χ3v) is 4.13. The first-order chi connectivity index (χ1) is 13.6. The molecule has 0 radical (unpaired) electrons. The summed E-state index contributed by atoms with van der Waals surface area (Å²) in [5.41, 5.74) is 10.9. The number of nitrogens with one attached hydrogen (secondary N) is 1. The maximum atomic E-state index is 12.5. The maximum Gasteiger partial charge on any atom is 0.341 e. The van der Waals surface area contributed by atoms with E-state index in [1.54, 1.807) is 12.1 Å². The van der Waals surface area contributed by atoms with Gasteiger partial charge in [0.15, 0.2) is 0 Å². The molecule has 0 spiro atoms. The number of carbonyl (C=O) groups is 4. The highest BCUT2D eigenvalue weighted by Gasteiger charge is 2.26. The van der Waals surface area contributed by atoms with E-state index in [0.717, 1.165) is 4.90 Å². The number of nitrogens with zero attached hydrogens (tertiary/aromatic N) is 1. The molecule has 0 unspecified atom stereocenters. The Morgan fingerprint density at radius 1 is 1.10 bits per heavy atom. The van der Waals surface area contributed by atoms with E-state index in [9.17, 15) is 24.0 Å². The molecule has 0 bridgehead atoms. The zero-order valence-corrected chi connectivity index (χ0v) is 15.5. The molecule has 29 heavy (non-hydrogen) atoms. The summed E-state index contributed by atoms with van der Waals surface area (Å²) >= 11 is 0. The van der Waals surface area contributed by atoms with Gasteiger partial charge in [0, 0.05) is 19.0 Å². The van der Waals surface area contributed by atoms with E-state index in [4.69, 9.17) is 16.6 Å². The van der Waals surface area contributed by atoms with Crippen LogP contribution < -0.4 is 21.9 Å². The quantitative estimate of drug-likeness (QED) is 0.513. The highest BCUT2D eigenvalue weighted by molar-refractivity contribution is 6.15. The summed E-state index contributed by atoms with van der Waals surface area (Å²) in [7, 11) is 0. The van der Waals surface area contributed by atoms with E-state index in [1.807, 2.05) is 0 Å². The number of benzene rings is 1. The van der Waals surface area contributed by atoms with Crippen LogP contribution in [0.2, 0.25) is 0 Å². The number of aromatic amines is 1. The van der Waals surface area contributed by atoms with Crippen molar-refractivity contribution in [3.63, 3.8) is 0 Å². The van der Waals surface area contributed by atoms with Crippen LogP contribution in [0.5, 0.6) is 0 Å². The number of primary amides is 1. The molecule has 0 aliphatic heterocycles. The molecule has 0 aliphatic carbocycles. The molecule has 10 nitrogen and oxygen atoms in total. The molecule has 2 aromatic rings. The predicted molar refractivity (Wildman–Crippen MR) is 104 cm³/mol. The molecule has 1 aromatic heterocycles. The average molecular weight is 400 g/mol. The zero-order chi connectivity index (χ0) is 21.7. The molecule has 1 aromatic carbocycles. The minimum atomic E-state index is -1.34. The lowest BCUT2D eigenvalue weighted by Gasteiger charge is -2.23. The van der Waals surface area contributed by atoms with E-state index < -0.39 is 35.3 Å². The number of carboxylic acid groups (broad SMARTS) is 1. The Bertz CT molecular complexity index is 1010. The fourth-order valence-electron chi connectivity index (χ4n) is 2.65. The number of carboxylic acids is 1. The van der Waals surface area contributed by atoms with Gasteiger partial charge in [-0.3, -0.25) is 19.2 Å². The summed E-state index contributed by atoms with van der Waals surface area (Å²) in [6.45, 7) is 1.20. The van der Waals surface area contributed by atoms with Crippen molar-refractivity contribution >= 4 is 29.4 Å². The molecular formula is C19H20N4O6. The second-order valence-corrected chi connectivity index (χ2v) is 6.27. The lowest BCUT2D eigenvalue weighted by Crippen LogP contribution is -2.46. The Labute approximate surface area is 165 Å². The third-order valence-electron chi connectivity index (χ3n) is 4.13. The number of imide groups is 1. The summed E-state index contributed by atoms with van der Waals surface area (Å²) in [4.78, 5) is 61.5. The topological polar surface area (TPSA) is 177 Å². The van der Waals surface area contributed by atoms with Gasteiger partial charge in [0.25, 0.3) is 11.5 Å². The van der Waals surface area contributed by atoms with Gasteiger partial charge in [0.1, 0.15) is 5.56 Å². The largest absolute Gasteiger partial charge is 0.477 e. The summed E-state index contributed by atoms with van der Waals surface area (Å²) in [5.74, 6) is -3.17. The highest BCUT2D eigenvalue weighted by atomic mass is 16.4. The molecule has 0 saturated heterocycles. The number of carbonyl (C=O) groups excluding carboxylic acids is 3. The van der Waals surface area contributed by atoms with Crippen LogP contribution >= 0.6 is 0 Å². The normalized spacial score (nSPS) is 11.5. The highest BCUT2D eigenvalue weighted by Crippen LogP contribution is 2.22. The summed E-state index contributed by atoms with van der Waals surface area (Å²) in [6.07, 6.45) is -0.0789. The zero-order valence-electron chi connectivity index (χ0n) is 15.5. The first-order valence-electron chi connectivity index (χ1n) is 8.57. The molecule has 3 amide bonds. The second kappa shape index (κ2) is 8.93. The van der Waals surface area contributed by atoms with Crippen LogP contribution in [-0.2, 0) is 14.4 Å². The fraction of sp³-hybridized carbons (Fsp3) is 0.211. The number of hydrogen-bond acceptors (Lipinski definition) is 6. The van der Waals surface area contributed by atoms with Crippen LogP contribution in [0.4, 0.5) is 5.69 Å². The molecule has 152 valence electrons. The Hall–Kier alpha value is -3.79. The van der Waals surface area contributed by atoms with E-state index in [1.165, 1.54) is 31.2 Å². The van der Waals surface area contributed by atoms with E-state index in [2.05, 4.69) is 4.98 Å². The number of rotatable bonds is 7. The average Bonchev–Trinajstić information content (AvgIpc) is 2.66. The minimum Gasteiger partial charge on any atom is -0.477 e. The number of anilines is 1. The van der Waals surface area contributed by atoms with Crippen LogP contribution in [0.3, 0.4) is 0 Å². The smallest absolute Gasteiger partial charge is 0.341 e. The Morgan fingerprint density at radius 3 is 2.21 bits per heavy atom. The standard InChI is InChI=1S/C19H20N4O6/c1-10(24)23(18(27)14(20)7-9-16(21)25)12-4-2-11(3-5-12)15-8-6-13(19(28)29)17(26)22-15/h2-6,8,14H,7,9,20H2,1H3,(H2,21,25)(H,22,26)(H,28,29)/t14-/m1/s1. The van der Waals surface area contributed by atoms with E-state index in [0.29, 0.717) is 11.3 Å². The fourth-order valence-corrected chi connectivity index (χ4v) is 2.65. The third kappa shape index (κ3) is 5.14. The molecule has 10 heteroatoms. The van der Waals surface area contributed by atoms with Crippen LogP contribution in [0, 0.1) is 0 Å². The molecular weight excluding hydrogens is 380 g/mol. The summed E-state index contributed by atoms with van der Waals surface area (Å²) in [6, 6.07) is 7.63. The number of nitrogens with two attached hydrogens (primary N) is 2. The number of pyridine rings is 1. The molecule has 1 atom stereocenters. The van der Waals surface area contributed by atoms with Gasteiger partial charge >= 0.3 is 5.97 Å². The van der Waals surface area contributed by atoms with Gasteiger partial charge in [-0.2, -0.15) is 0 Å². The number of amides is 3. The first-order valence-corrected chi connectivity index (χ1v) is 8.57. The number of aromatic nitrogens is 1. The lowest BCUT2D eigenvalue weighted by atomic mass is 10.1. The van der Waals surface area contributed by atoms with E-state index >= 15 is 0 Å². The monoisotopic (exact) mass is 400 g/mol. The van der Waals surface area contributed by atoms with Gasteiger partial charge in [-0.1, -0.05) is 12.1 Å². The minimum absolute atomic E-state index is 0.00714. The molecule has 0 fully saturated rings. The molecule has 0 aliphatic rings. The van der Waals surface area contributed by atoms with Crippen molar-refractivity contribution in [2.45, 2.75) is 25.8 Å². The predicted octanol–water partition coefficient (Wildman–Crippen LogP) is 0.212. The van der Waals surface area contributed by atoms with Crippen LogP contribution in [0.15, 0.2) is 41.2 Å². The summed E-state index contributed by atoms with van der Waals surface area (Å²) < 4.78 is 0. The van der Waals surface area contributed by atoms with Gasteiger partial charge in [0.2, 0.25) is 11.8 Å². The van der Waals surface area contributed by atoms with Gasteiger partial charge in [-0.15, -0.1) is 0 Å². The number of H-pyrrole nitrogens is 1. The van der Waals surface area contributed by atoms with Crippen molar-refractivity contribution in [3.8, 4) is 11.3 Å². The molecule has 2 rings (SSSR count). The Morgan fingerprint density at radius 2 is 1.72 bits per heavy atom. The van der Waals surface area contributed by atoms with Gasteiger partial charge < -0.3 is 21.6 Å². The van der Waals surface area contributed by atoms with Crippen LogP contribution in [-0.4, -0.2) is 39.8 Å². The number of aromatic carboxylic acids is 1. The van der Waals surface area contributed by atoms with Crippen molar-refractivity contribution in [2.24, 2.45) is 11.5 Å². The molecule has 1 heterocycles.